The lowest BCUT2D eigenvalue weighted by molar-refractivity contribution is -0.136. The van der Waals surface area contributed by atoms with Gasteiger partial charge in [-0.3, -0.25) is 9.69 Å². The predicted molar refractivity (Wildman–Crippen MR) is 158 cm³/mol. The van der Waals surface area contributed by atoms with Crippen molar-refractivity contribution < 1.29 is 24.1 Å². The number of aliphatic hydroxyl groups is 1. The quantitative estimate of drug-likeness (QED) is 0.532. The minimum Gasteiger partial charge on any atom is -0.497 e. The summed E-state index contributed by atoms with van der Waals surface area (Å²) in [5.74, 6) is 2.66. The number of hydrogen-bond donors (Lipinski definition) is 1. The number of amides is 1. The molecule has 0 spiro atoms. The smallest absolute Gasteiger partial charge is 0.222 e. The molecule has 2 aliphatic heterocycles. The molecular weight excluding hydrogens is 504 g/mol. The number of benzene rings is 2. The molecule has 3 atom stereocenters. The average molecular weight is 553 g/mol. The van der Waals surface area contributed by atoms with Gasteiger partial charge in [0.1, 0.15) is 11.5 Å². The molecule has 220 valence electrons. The van der Waals surface area contributed by atoms with Gasteiger partial charge in [-0.25, -0.2) is 0 Å². The first kappa shape index (κ1) is 30.4. The Labute approximate surface area is 240 Å². The van der Waals surface area contributed by atoms with Gasteiger partial charge in [0.2, 0.25) is 5.91 Å². The number of hydrogen-bond acceptors (Lipinski definition) is 6. The predicted octanol–water partition coefficient (Wildman–Crippen LogP) is 4.80. The zero-order valence-electron chi connectivity index (χ0n) is 24.8. The molecule has 1 N–H and O–H groups in total. The van der Waals surface area contributed by atoms with Gasteiger partial charge in [0.15, 0.2) is 0 Å². The fourth-order valence-electron chi connectivity index (χ4n) is 6.03. The monoisotopic (exact) mass is 552 g/mol. The van der Waals surface area contributed by atoms with Crippen molar-refractivity contribution in [1.82, 2.24) is 9.80 Å². The number of methoxy groups -OCH3 is 2. The summed E-state index contributed by atoms with van der Waals surface area (Å²) in [6.45, 7) is 8.90. The summed E-state index contributed by atoms with van der Waals surface area (Å²) in [6, 6.07) is 16.2. The fourth-order valence-corrected chi connectivity index (χ4v) is 6.03. The number of carbonyl (C=O) groups excluding carboxylic acids is 1. The third-order valence-corrected chi connectivity index (χ3v) is 8.81. The number of ether oxygens (including phenoxy) is 3. The zero-order valence-corrected chi connectivity index (χ0v) is 24.8. The maximum absolute atomic E-state index is 13.8. The Morgan fingerprint density at radius 3 is 2.52 bits per heavy atom. The van der Waals surface area contributed by atoms with Gasteiger partial charge < -0.3 is 24.2 Å². The molecule has 1 amide bonds. The summed E-state index contributed by atoms with van der Waals surface area (Å²) in [7, 11) is 3.39. The van der Waals surface area contributed by atoms with Gasteiger partial charge in [-0.15, -0.1) is 0 Å². The van der Waals surface area contributed by atoms with E-state index in [-0.39, 0.29) is 5.91 Å². The Balaban J connectivity index is 1.47. The average Bonchev–Trinajstić information content (AvgIpc) is 2.96. The van der Waals surface area contributed by atoms with E-state index in [1.807, 2.05) is 55.1 Å². The summed E-state index contributed by atoms with van der Waals surface area (Å²) in [6.07, 6.45) is 3.60. The summed E-state index contributed by atoms with van der Waals surface area (Å²) in [4.78, 5) is 18.2. The third-order valence-electron chi connectivity index (χ3n) is 8.81. The number of aliphatic hydroxyl groups excluding tert-OH is 1. The van der Waals surface area contributed by atoms with Gasteiger partial charge in [0.25, 0.3) is 0 Å². The van der Waals surface area contributed by atoms with Crippen LogP contribution >= 0.6 is 0 Å². The van der Waals surface area contributed by atoms with Crippen LogP contribution in [-0.4, -0.2) is 80.5 Å². The third kappa shape index (κ3) is 8.21. The largest absolute Gasteiger partial charge is 0.497 e. The van der Waals surface area contributed by atoms with E-state index in [0.717, 1.165) is 62.4 Å². The second-order valence-electron chi connectivity index (χ2n) is 12.2. The summed E-state index contributed by atoms with van der Waals surface area (Å²) >= 11 is 0. The van der Waals surface area contributed by atoms with E-state index in [1.54, 1.807) is 14.2 Å². The number of piperidine rings is 1. The van der Waals surface area contributed by atoms with E-state index < -0.39 is 11.5 Å². The van der Waals surface area contributed by atoms with Crippen molar-refractivity contribution in [2.45, 2.75) is 58.6 Å². The molecule has 2 fully saturated rings. The number of nitrogens with zero attached hydrogens (tertiary/aromatic N) is 2. The number of β-amino-alcohol motifs (C(OH)–C–C–N with tert-alkyl or cyclic N) is 1. The first-order valence-corrected chi connectivity index (χ1v) is 14.8. The van der Waals surface area contributed by atoms with Crippen molar-refractivity contribution in [1.29, 1.82) is 0 Å². The first-order valence-electron chi connectivity index (χ1n) is 14.8. The van der Waals surface area contributed by atoms with Crippen LogP contribution in [0.4, 0.5) is 0 Å². The van der Waals surface area contributed by atoms with Crippen LogP contribution in [0.3, 0.4) is 0 Å². The lowest BCUT2D eigenvalue weighted by Crippen LogP contribution is -2.47. The molecule has 7 nitrogen and oxygen atoms in total. The van der Waals surface area contributed by atoms with Crippen molar-refractivity contribution in [3.63, 3.8) is 0 Å². The highest BCUT2D eigenvalue weighted by Gasteiger charge is 2.35. The maximum Gasteiger partial charge on any atom is 0.222 e. The summed E-state index contributed by atoms with van der Waals surface area (Å²) in [5, 5.41) is 11.2. The minimum atomic E-state index is -0.661. The van der Waals surface area contributed by atoms with E-state index in [9.17, 15) is 9.90 Å². The molecule has 0 aromatic heterocycles. The van der Waals surface area contributed by atoms with Crippen molar-refractivity contribution >= 4 is 5.91 Å². The van der Waals surface area contributed by atoms with Crippen molar-refractivity contribution in [3.8, 4) is 11.5 Å². The van der Waals surface area contributed by atoms with Gasteiger partial charge in [-0.2, -0.15) is 0 Å². The van der Waals surface area contributed by atoms with Gasteiger partial charge in [0.05, 0.1) is 26.9 Å². The lowest BCUT2D eigenvalue weighted by Gasteiger charge is -2.39. The second kappa shape index (κ2) is 14.3. The molecular formula is C33H48N2O5. The molecule has 0 bridgehead atoms. The highest BCUT2D eigenvalue weighted by Crippen LogP contribution is 2.33. The molecule has 0 unspecified atom stereocenters. The van der Waals surface area contributed by atoms with Gasteiger partial charge in [-0.05, 0) is 67.8 Å². The van der Waals surface area contributed by atoms with E-state index in [1.165, 1.54) is 5.56 Å². The fraction of sp³-hybridized carbons (Fsp3) is 0.606. The molecule has 40 heavy (non-hydrogen) atoms. The van der Waals surface area contributed by atoms with Gasteiger partial charge in [0, 0.05) is 50.2 Å². The highest BCUT2D eigenvalue weighted by atomic mass is 16.5. The molecule has 0 radical (unpaired) electrons. The Kier molecular flexibility index (Phi) is 10.9. The second-order valence-corrected chi connectivity index (χ2v) is 12.2. The van der Waals surface area contributed by atoms with Crippen molar-refractivity contribution in [2.75, 3.05) is 53.6 Å². The molecule has 2 aliphatic rings. The van der Waals surface area contributed by atoms with Crippen molar-refractivity contribution in [3.05, 3.63) is 59.7 Å². The van der Waals surface area contributed by atoms with Crippen LogP contribution in [0.25, 0.3) is 0 Å². The molecule has 0 aliphatic carbocycles. The van der Waals surface area contributed by atoms with Gasteiger partial charge in [-0.1, -0.05) is 44.2 Å². The molecule has 4 rings (SSSR count). The first-order chi connectivity index (χ1) is 19.3. The zero-order chi connectivity index (χ0) is 28.5. The van der Waals surface area contributed by atoms with E-state index >= 15 is 0 Å². The Morgan fingerprint density at radius 1 is 1.00 bits per heavy atom. The maximum atomic E-state index is 13.8. The summed E-state index contributed by atoms with van der Waals surface area (Å²) < 4.78 is 17.0. The molecule has 2 aromatic carbocycles. The van der Waals surface area contributed by atoms with E-state index in [0.29, 0.717) is 44.6 Å². The highest BCUT2D eigenvalue weighted by molar-refractivity contribution is 5.76. The standard InChI is InChI=1S/C33H48N2O5/c1-33(2)24-40-19-7-9-27-21-34(22-28-8-5-6-10-30(28)39-4)17-16-26(27)20-32(37)35(23-31(33)36)18-15-25-11-13-29(38-3)14-12-25/h5-6,8,10-14,26-27,31,36H,7,9,15-24H2,1-4H3/t26-,27-,31-/m0/s1. The van der Waals surface area contributed by atoms with E-state index in [2.05, 4.69) is 17.0 Å². The Bertz CT molecular complexity index is 1070. The minimum absolute atomic E-state index is 0.150. The van der Waals surface area contributed by atoms with Crippen molar-refractivity contribution in [2.24, 2.45) is 17.3 Å². The number of carbonyl (C=O) groups is 1. The van der Waals surface area contributed by atoms with Crippen LogP contribution in [0.1, 0.15) is 50.7 Å². The van der Waals surface area contributed by atoms with Crippen LogP contribution in [0.2, 0.25) is 0 Å². The van der Waals surface area contributed by atoms with E-state index in [4.69, 9.17) is 14.2 Å². The number of rotatable bonds is 7. The molecule has 0 saturated carbocycles. The molecule has 2 aromatic rings. The van der Waals surface area contributed by atoms with Crippen LogP contribution < -0.4 is 9.47 Å². The Morgan fingerprint density at radius 2 is 1.77 bits per heavy atom. The van der Waals surface area contributed by atoms with Crippen LogP contribution in [0, 0.1) is 17.3 Å². The molecule has 2 heterocycles. The van der Waals surface area contributed by atoms with Crippen LogP contribution in [0.15, 0.2) is 48.5 Å². The number of para-hydroxylation sites is 1. The normalized spacial score (nSPS) is 24.8. The number of likely N-dealkylation sites (tertiary alicyclic amines) is 1. The van der Waals surface area contributed by atoms with Crippen LogP contribution in [-0.2, 0) is 22.5 Å². The van der Waals surface area contributed by atoms with Gasteiger partial charge >= 0.3 is 0 Å². The Hall–Kier alpha value is -2.61. The lowest BCUT2D eigenvalue weighted by atomic mass is 9.80. The number of fused-ring (bicyclic) bond motifs is 1. The molecule has 7 heteroatoms. The van der Waals surface area contributed by atoms with Crippen LogP contribution in [0.5, 0.6) is 11.5 Å². The molecule has 2 saturated heterocycles. The topological polar surface area (TPSA) is 71.5 Å². The SMILES string of the molecule is COc1ccc(CCN2C[C@H](O)C(C)(C)COCCC[C@H]3CN(Cc4ccccc4OC)CC[C@H]3CC2=O)cc1. The summed E-state index contributed by atoms with van der Waals surface area (Å²) in [5.41, 5.74) is 1.91.